The van der Waals surface area contributed by atoms with Gasteiger partial charge < -0.3 is 10.6 Å². The fraction of sp³-hybridized carbons (Fsp3) is 0.533. The number of carbonyl (C=O) groups is 1. The zero-order chi connectivity index (χ0) is 15.5. The molecule has 3 nitrogen and oxygen atoms in total. The predicted octanol–water partition coefficient (Wildman–Crippen LogP) is 2.86. The molecule has 0 aliphatic carbocycles. The van der Waals surface area contributed by atoms with Crippen LogP contribution in [0.2, 0.25) is 0 Å². The van der Waals surface area contributed by atoms with Crippen LogP contribution in [0.3, 0.4) is 0 Å². The number of amides is 1. The van der Waals surface area contributed by atoms with Gasteiger partial charge in [0.05, 0.1) is 0 Å². The van der Waals surface area contributed by atoms with Gasteiger partial charge in [0.15, 0.2) is 6.04 Å². The second-order valence-corrected chi connectivity index (χ2v) is 5.45. The molecule has 21 heavy (non-hydrogen) atoms. The van der Waals surface area contributed by atoms with Crippen molar-refractivity contribution in [3.05, 3.63) is 35.4 Å². The Morgan fingerprint density at radius 3 is 2.57 bits per heavy atom. The van der Waals surface area contributed by atoms with E-state index < -0.39 is 18.1 Å². The van der Waals surface area contributed by atoms with Crippen LogP contribution in [0.4, 0.5) is 13.2 Å². The molecule has 1 aromatic carbocycles. The fourth-order valence-corrected chi connectivity index (χ4v) is 2.49. The first-order valence-corrected chi connectivity index (χ1v) is 7.02. The molecule has 0 bridgehead atoms. The summed E-state index contributed by atoms with van der Waals surface area (Å²) in [5.41, 5.74) is 0.932. The summed E-state index contributed by atoms with van der Waals surface area (Å²) >= 11 is 0. The minimum atomic E-state index is -4.51. The fourth-order valence-electron chi connectivity index (χ4n) is 2.49. The number of aryl methyl sites for hydroxylation is 1. The van der Waals surface area contributed by atoms with Gasteiger partial charge in [-0.1, -0.05) is 29.8 Å². The number of rotatable bonds is 4. The third-order valence-corrected chi connectivity index (χ3v) is 3.64. The highest BCUT2D eigenvalue weighted by molar-refractivity contribution is 5.77. The standard InChI is InChI=1S/C15H19F3N2O/c1-10-4-6-11(7-5-10)14(15(16,17)18)20-13(21)9-12-3-2-8-19-12/h4-7,12,14,19H,2-3,8-9H2,1H3,(H,20,21). The minimum absolute atomic E-state index is 0.0168. The van der Waals surface area contributed by atoms with Crippen LogP contribution in [0.15, 0.2) is 24.3 Å². The lowest BCUT2D eigenvalue weighted by molar-refractivity contribution is -0.163. The van der Waals surface area contributed by atoms with Gasteiger partial charge in [-0.3, -0.25) is 4.79 Å². The van der Waals surface area contributed by atoms with Gasteiger partial charge in [-0.15, -0.1) is 0 Å². The van der Waals surface area contributed by atoms with E-state index in [0.717, 1.165) is 24.9 Å². The Balaban J connectivity index is 2.06. The van der Waals surface area contributed by atoms with Crippen molar-refractivity contribution in [2.75, 3.05) is 6.54 Å². The van der Waals surface area contributed by atoms with Crippen LogP contribution in [0, 0.1) is 6.92 Å². The number of hydrogen-bond acceptors (Lipinski definition) is 2. The van der Waals surface area contributed by atoms with E-state index in [4.69, 9.17) is 0 Å². The van der Waals surface area contributed by atoms with Crippen molar-refractivity contribution >= 4 is 5.91 Å². The molecular formula is C15H19F3N2O. The summed E-state index contributed by atoms with van der Waals surface area (Å²) in [5.74, 6) is -0.572. The first kappa shape index (κ1) is 15.8. The van der Waals surface area contributed by atoms with Crippen molar-refractivity contribution < 1.29 is 18.0 Å². The summed E-state index contributed by atoms with van der Waals surface area (Å²) in [4.78, 5) is 11.8. The van der Waals surface area contributed by atoms with E-state index in [0.29, 0.717) is 0 Å². The van der Waals surface area contributed by atoms with Gasteiger partial charge in [-0.25, -0.2) is 0 Å². The van der Waals surface area contributed by atoms with E-state index in [1.807, 2.05) is 0 Å². The third-order valence-electron chi connectivity index (χ3n) is 3.64. The SMILES string of the molecule is Cc1ccc(C(NC(=O)CC2CCCN2)C(F)(F)F)cc1. The molecule has 0 saturated carbocycles. The lowest BCUT2D eigenvalue weighted by atomic mass is 10.0. The van der Waals surface area contributed by atoms with Crippen molar-refractivity contribution in [3.63, 3.8) is 0 Å². The number of carbonyl (C=O) groups excluding carboxylic acids is 1. The molecule has 0 aromatic heterocycles. The summed E-state index contributed by atoms with van der Waals surface area (Å²) in [6.45, 7) is 2.62. The highest BCUT2D eigenvalue weighted by Crippen LogP contribution is 2.33. The van der Waals surface area contributed by atoms with Crippen LogP contribution in [-0.4, -0.2) is 24.7 Å². The second-order valence-electron chi connectivity index (χ2n) is 5.45. The van der Waals surface area contributed by atoms with Crippen molar-refractivity contribution in [1.29, 1.82) is 0 Å². The van der Waals surface area contributed by atoms with Gasteiger partial charge >= 0.3 is 6.18 Å². The average Bonchev–Trinajstić information content (AvgIpc) is 2.89. The molecule has 6 heteroatoms. The minimum Gasteiger partial charge on any atom is -0.341 e. The second kappa shape index (κ2) is 6.47. The molecule has 1 aliphatic rings. The van der Waals surface area contributed by atoms with Gasteiger partial charge in [0.25, 0.3) is 0 Å². The van der Waals surface area contributed by atoms with E-state index in [2.05, 4.69) is 10.6 Å². The molecule has 0 spiro atoms. The van der Waals surface area contributed by atoms with Gasteiger partial charge in [0.2, 0.25) is 5.91 Å². The zero-order valence-electron chi connectivity index (χ0n) is 11.8. The molecule has 2 rings (SSSR count). The lowest BCUT2D eigenvalue weighted by Crippen LogP contribution is -2.40. The van der Waals surface area contributed by atoms with E-state index in [9.17, 15) is 18.0 Å². The average molecular weight is 300 g/mol. The highest BCUT2D eigenvalue weighted by atomic mass is 19.4. The summed E-state index contributed by atoms with van der Waals surface area (Å²) in [5, 5.41) is 5.22. The van der Waals surface area contributed by atoms with Crippen molar-refractivity contribution in [2.24, 2.45) is 0 Å². The topological polar surface area (TPSA) is 41.1 Å². The summed E-state index contributed by atoms with van der Waals surface area (Å²) in [6, 6.07) is 4.06. The number of hydrogen-bond donors (Lipinski definition) is 2. The van der Waals surface area contributed by atoms with E-state index in [1.54, 1.807) is 19.1 Å². The molecule has 1 heterocycles. The van der Waals surface area contributed by atoms with Gasteiger partial charge in [-0.2, -0.15) is 13.2 Å². The summed E-state index contributed by atoms with van der Waals surface area (Å²) < 4.78 is 39.4. The molecule has 1 saturated heterocycles. The maximum Gasteiger partial charge on any atom is 0.412 e. The van der Waals surface area contributed by atoms with Crippen molar-refractivity contribution in [3.8, 4) is 0 Å². The van der Waals surface area contributed by atoms with Crippen LogP contribution in [0.25, 0.3) is 0 Å². The lowest BCUT2D eigenvalue weighted by Gasteiger charge is -2.23. The van der Waals surface area contributed by atoms with Gasteiger partial charge in [0, 0.05) is 12.5 Å². The molecule has 2 N–H and O–H groups in total. The Morgan fingerprint density at radius 2 is 2.05 bits per heavy atom. The van der Waals surface area contributed by atoms with E-state index >= 15 is 0 Å². The molecule has 2 unspecified atom stereocenters. The van der Waals surface area contributed by atoms with Crippen molar-refractivity contribution in [1.82, 2.24) is 10.6 Å². The molecule has 1 aromatic rings. The van der Waals surface area contributed by atoms with Crippen LogP contribution >= 0.6 is 0 Å². The molecule has 1 fully saturated rings. The first-order valence-electron chi connectivity index (χ1n) is 7.02. The van der Waals surface area contributed by atoms with Gasteiger partial charge in [-0.05, 0) is 31.9 Å². The van der Waals surface area contributed by atoms with Crippen LogP contribution in [-0.2, 0) is 4.79 Å². The Labute approximate surface area is 121 Å². The third kappa shape index (κ3) is 4.46. The molecular weight excluding hydrogens is 281 g/mol. The summed E-state index contributed by atoms with van der Waals surface area (Å²) in [7, 11) is 0. The monoisotopic (exact) mass is 300 g/mol. The van der Waals surface area contributed by atoms with Crippen LogP contribution in [0.1, 0.15) is 36.4 Å². The van der Waals surface area contributed by atoms with Crippen molar-refractivity contribution in [2.45, 2.75) is 44.4 Å². The number of alkyl halides is 3. The smallest absolute Gasteiger partial charge is 0.341 e. The molecule has 116 valence electrons. The first-order chi connectivity index (χ1) is 9.86. The molecule has 2 atom stereocenters. The largest absolute Gasteiger partial charge is 0.412 e. The number of benzene rings is 1. The predicted molar refractivity (Wildman–Crippen MR) is 73.8 cm³/mol. The molecule has 1 amide bonds. The number of halogens is 3. The Hall–Kier alpha value is -1.56. The van der Waals surface area contributed by atoms with Crippen LogP contribution in [0.5, 0.6) is 0 Å². The maximum atomic E-state index is 13.1. The normalized spacial score (nSPS) is 20.3. The highest BCUT2D eigenvalue weighted by Gasteiger charge is 2.42. The van der Waals surface area contributed by atoms with Gasteiger partial charge in [0.1, 0.15) is 0 Å². The Bertz CT molecular complexity index is 479. The Morgan fingerprint density at radius 1 is 1.38 bits per heavy atom. The Kier molecular flexibility index (Phi) is 4.88. The number of nitrogens with one attached hydrogen (secondary N) is 2. The quantitative estimate of drug-likeness (QED) is 0.898. The zero-order valence-corrected chi connectivity index (χ0v) is 11.8. The van der Waals surface area contributed by atoms with E-state index in [-0.39, 0.29) is 18.0 Å². The van der Waals surface area contributed by atoms with E-state index in [1.165, 1.54) is 12.1 Å². The molecule has 1 aliphatic heterocycles. The maximum absolute atomic E-state index is 13.1. The molecule has 0 radical (unpaired) electrons. The summed E-state index contributed by atoms with van der Waals surface area (Å²) in [6.07, 6.45) is -2.64. The van der Waals surface area contributed by atoms with Crippen LogP contribution < -0.4 is 10.6 Å².